The largest absolute Gasteiger partial charge is 0.493 e. The van der Waals surface area contributed by atoms with Gasteiger partial charge in [0.2, 0.25) is 0 Å². The summed E-state index contributed by atoms with van der Waals surface area (Å²) < 4.78 is 17.0. The van der Waals surface area contributed by atoms with Gasteiger partial charge in [-0.1, -0.05) is 12.1 Å². The minimum absolute atomic E-state index is 0.0178. The Morgan fingerprint density at radius 1 is 1.03 bits per heavy atom. The van der Waals surface area contributed by atoms with Gasteiger partial charge in [-0.2, -0.15) is 5.10 Å². The number of hydrazone groups is 1. The SMILES string of the molecule is CCOc1cc(C2=NN(C(=O)C(Cc3ccc(OCCN(C)C)cc3)NCCN(C)C)CCC2)ccc1OC. The molecule has 1 aliphatic heterocycles. The number of likely N-dealkylation sites (N-methyl/N-ethyl adjacent to an activating group) is 2. The number of amides is 1. The van der Waals surface area contributed by atoms with E-state index in [2.05, 4.69) is 15.1 Å². The molecule has 1 aliphatic rings. The summed E-state index contributed by atoms with van der Waals surface area (Å²) in [6, 6.07) is 13.5. The van der Waals surface area contributed by atoms with Crippen molar-refractivity contribution in [2.75, 3.05) is 74.7 Å². The van der Waals surface area contributed by atoms with Crippen LogP contribution in [0.25, 0.3) is 0 Å². The molecule has 0 aliphatic carbocycles. The molecular weight excluding hydrogens is 494 g/mol. The van der Waals surface area contributed by atoms with Gasteiger partial charge in [-0.15, -0.1) is 0 Å². The zero-order valence-electron chi connectivity index (χ0n) is 24.4. The van der Waals surface area contributed by atoms with Crippen LogP contribution in [0.2, 0.25) is 0 Å². The molecule has 2 aromatic carbocycles. The first-order valence-corrected chi connectivity index (χ1v) is 13.7. The topological polar surface area (TPSA) is 78.9 Å². The van der Waals surface area contributed by atoms with E-state index in [0.717, 1.165) is 48.5 Å². The minimum Gasteiger partial charge on any atom is -0.493 e. The first kappa shape index (κ1) is 30.4. The van der Waals surface area contributed by atoms with Crippen LogP contribution in [0.5, 0.6) is 17.2 Å². The van der Waals surface area contributed by atoms with Gasteiger partial charge in [-0.3, -0.25) is 4.79 Å². The van der Waals surface area contributed by atoms with Crippen molar-refractivity contribution in [2.45, 2.75) is 32.2 Å². The fraction of sp³-hybridized carbons (Fsp3) is 0.533. The Morgan fingerprint density at radius 3 is 2.44 bits per heavy atom. The lowest BCUT2D eigenvalue weighted by atomic mass is 10.0. The van der Waals surface area contributed by atoms with Crippen LogP contribution < -0.4 is 19.5 Å². The van der Waals surface area contributed by atoms with Gasteiger partial charge < -0.3 is 29.3 Å². The number of hydrogen-bond donors (Lipinski definition) is 1. The van der Waals surface area contributed by atoms with E-state index in [4.69, 9.17) is 19.3 Å². The highest BCUT2D eigenvalue weighted by atomic mass is 16.5. The molecule has 39 heavy (non-hydrogen) atoms. The van der Waals surface area contributed by atoms with Gasteiger partial charge in [0.1, 0.15) is 12.4 Å². The maximum absolute atomic E-state index is 13.8. The van der Waals surface area contributed by atoms with Crippen molar-refractivity contribution in [3.63, 3.8) is 0 Å². The van der Waals surface area contributed by atoms with Gasteiger partial charge in [0.25, 0.3) is 5.91 Å². The smallest absolute Gasteiger partial charge is 0.260 e. The molecule has 9 nitrogen and oxygen atoms in total. The van der Waals surface area contributed by atoms with Gasteiger partial charge in [0.05, 0.1) is 25.5 Å². The second kappa shape index (κ2) is 15.5. The summed E-state index contributed by atoms with van der Waals surface area (Å²) in [6.07, 6.45) is 2.22. The molecule has 214 valence electrons. The van der Waals surface area contributed by atoms with Crippen LogP contribution in [0.1, 0.15) is 30.9 Å². The molecule has 1 unspecified atom stereocenters. The lowest BCUT2D eigenvalue weighted by Crippen LogP contribution is -2.48. The van der Waals surface area contributed by atoms with Gasteiger partial charge in [0, 0.05) is 31.7 Å². The third kappa shape index (κ3) is 9.53. The van der Waals surface area contributed by atoms with Gasteiger partial charge >= 0.3 is 0 Å². The van der Waals surface area contributed by atoms with Crippen molar-refractivity contribution in [3.8, 4) is 17.2 Å². The third-order valence-electron chi connectivity index (χ3n) is 6.49. The third-order valence-corrected chi connectivity index (χ3v) is 6.49. The molecule has 0 saturated carbocycles. The molecule has 1 atom stereocenters. The average molecular weight is 540 g/mol. The molecule has 0 radical (unpaired) electrons. The standard InChI is InChI=1S/C30H45N5O4/c1-7-38-29-22-24(12-15-28(29)37-6)26-9-8-17-35(32-26)30(36)27(31-16-18-33(2)3)21-23-10-13-25(14-11-23)39-20-19-34(4)5/h10-15,22,27,31H,7-9,16-21H2,1-6H3. The van der Waals surface area contributed by atoms with Crippen LogP contribution >= 0.6 is 0 Å². The summed E-state index contributed by atoms with van der Waals surface area (Å²) in [6.45, 7) is 6.12. The Hall–Kier alpha value is -3.14. The molecule has 0 bridgehead atoms. The molecule has 9 heteroatoms. The zero-order chi connectivity index (χ0) is 28.2. The van der Waals surface area contributed by atoms with Gasteiger partial charge in [-0.05, 0) is 90.3 Å². The Bertz CT molecular complexity index is 1070. The predicted molar refractivity (Wildman–Crippen MR) is 156 cm³/mol. The van der Waals surface area contributed by atoms with E-state index >= 15 is 0 Å². The van der Waals surface area contributed by atoms with E-state index in [0.29, 0.717) is 44.2 Å². The number of ether oxygens (including phenoxy) is 3. The van der Waals surface area contributed by atoms with Crippen LogP contribution in [-0.4, -0.2) is 107 Å². The Morgan fingerprint density at radius 2 is 1.77 bits per heavy atom. The van der Waals surface area contributed by atoms with Crippen molar-refractivity contribution < 1.29 is 19.0 Å². The summed E-state index contributed by atoms with van der Waals surface area (Å²) in [5, 5.41) is 9.92. The first-order valence-electron chi connectivity index (χ1n) is 13.7. The summed E-state index contributed by atoms with van der Waals surface area (Å²) in [7, 11) is 9.74. The van der Waals surface area contributed by atoms with E-state index in [-0.39, 0.29) is 11.9 Å². The summed E-state index contributed by atoms with van der Waals surface area (Å²) >= 11 is 0. The molecule has 1 N–H and O–H groups in total. The molecule has 3 rings (SSSR count). The number of nitrogens with one attached hydrogen (secondary N) is 1. The van der Waals surface area contributed by atoms with Crippen LogP contribution in [0, 0.1) is 0 Å². The predicted octanol–water partition coefficient (Wildman–Crippen LogP) is 3.12. The summed E-state index contributed by atoms with van der Waals surface area (Å²) in [5.41, 5.74) is 2.89. The highest BCUT2D eigenvalue weighted by Crippen LogP contribution is 2.29. The van der Waals surface area contributed by atoms with Crippen LogP contribution in [0.15, 0.2) is 47.6 Å². The van der Waals surface area contributed by atoms with Crippen LogP contribution in [-0.2, 0) is 11.2 Å². The molecule has 1 amide bonds. The second-order valence-electron chi connectivity index (χ2n) is 10.2. The van der Waals surface area contributed by atoms with Crippen LogP contribution in [0.4, 0.5) is 0 Å². The number of carbonyl (C=O) groups excluding carboxylic acids is 1. The van der Waals surface area contributed by atoms with Crippen molar-refractivity contribution in [2.24, 2.45) is 5.10 Å². The van der Waals surface area contributed by atoms with E-state index in [1.165, 1.54) is 0 Å². The highest BCUT2D eigenvalue weighted by molar-refractivity contribution is 6.02. The van der Waals surface area contributed by atoms with Gasteiger partial charge in [-0.25, -0.2) is 5.01 Å². The van der Waals surface area contributed by atoms with Crippen molar-refractivity contribution in [1.82, 2.24) is 20.1 Å². The highest BCUT2D eigenvalue weighted by Gasteiger charge is 2.27. The lowest BCUT2D eigenvalue weighted by Gasteiger charge is -2.28. The fourth-order valence-corrected chi connectivity index (χ4v) is 4.32. The number of hydrogen-bond acceptors (Lipinski definition) is 8. The lowest BCUT2D eigenvalue weighted by molar-refractivity contribution is -0.133. The van der Waals surface area contributed by atoms with Crippen molar-refractivity contribution in [1.29, 1.82) is 0 Å². The maximum atomic E-state index is 13.8. The first-order chi connectivity index (χ1) is 18.8. The zero-order valence-corrected chi connectivity index (χ0v) is 24.4. The molecular formula is C30H45N5O4. The normalized spacial score (nSPS) is 14.4. The molecule has 1 heterocycles. The molecule has 0 spiro atoms. The van der Waals surface area contributed by atoms with Crippen molar-refractivity contribution in [3.05, 3.63) is 53.6 Å². The number of methoxy groups -OCH3 is 1. The van der Waals surface area contributed by atoms with E-state index < -0.39 is 0 Å². The molecule has 0 saturated heterocycles. The Kier molecular flexibility index (Phi) is 12.0. The van der Waals surface area contributed by atoms with Gasteiger partial charge in [0.15, 0.2) is 11.5 Å². The van der Waals surface area contributed by atoms with Crippen LogP contribution in [0.3, 0.4) is 0 Å². The second-order valence-corrected chi connectivity index (χ2v) is 10.2. The maximum Gasteiger partial charge on any atom is 0.260 e. The Labute approximate surface area is 233 Å². The quantitative estimate of drug-likeness (QED) is 0.373. The van der Waals surface area contributed by atoms with E-state index in [9.17, 15) is 4.79 Å². The minimum atomic E-state index is -0.386. The van der Waals surface area contributed by atoms with E-state index in [1.54, 1.807) is 12.1 Å². The molecule has 0 fully saturated rings. The molecule has 0 aromatic heterocycles. The molecule has 2 aromatic rings. The van der Waals surface area contributed by atoms with Crippen molar-refractivity contribution >= 4 is 11.6 Å². The fourth-order valence-electron chi connectivity index (χ4n) is 4.32. The number of carbonyl (C=O) groups is 1. The Balaban J connectivity index is 1.75. The number of benzene rings is 2. The summed E-state index contributed by atoms with van der Waals surface area (Å²) in [4.78, 5) is 18.0. The van der Waals surface area contributed by atoms with E-state index in [1.807, 2.05) is 77.6 Å². The number of rotatable bonds is 15. The monoisotopic (exact) mass is 539 g/mol. The summed E-state index contributed by atoms with van der Waals surface area (Å²) in [5.74, 6) is 2.18. The average Bonchev–Trinajstić information content (AvgIpc) is 2.93. The number of nitrogens with zero attached hydrogens (tertiary/aromatic N) is 4.